The number of oxime groups is 1. The maximum absolute atomic E-state index is 12.4. The van der Waals surface area contributed by atoms with Crippen LogP contribution in [0, 0.1) is 6.92 Å². The quantitative estimate of drug-likeness (QED) is 0.580. The SMILES string of the molecule is Cc1cc(CN2CCC(=NO)CC2)cc2[nH]c(=O)c3c(c12)NCCC3. The van der Waals surface area contributed by atoms with E-state index in [0.29, 0.717) is 0 Å². The highest BCUT2D eigenvalue weighted by Crippen LogP contribution is 2.31. The number of benzene rings is 1. The summed E-state index contributed by atoms with van der Waals surface area (Å²) in [5, 5.41) is 16.8. The van der Waals surface area contributed by atoms with Crippen LogP contribution in [0.1, 0.15) is 36.0 Å². The van der Waals surface area contributed by atoms with Crippen molar-refractivity contribution in [3.63, 3.8) is 0 Å². The number of aromatic amines is 1. The van der Waals surface area contributed by atoms with Gasteiger partial charge in [0.1, 0.15) is 0 Å². The van der Waals surface area contributed by atoms with Gasteiger partial charge in [-0.25, -0.2) is 0 Å². The standard InChI is InChI=1S/C19H24N4O2/c1-12-9-13(11-23-7-4-14(22-25)5-8-23)10-16-17(12)18-15(19(24)21-16)3-2-6-20-18/h9-10,20,25H,2-8,11H2,1H3,(H,21,24). The highest BCUT2D eigenvalue weighted by molar-refractivity contribution is 5.96. The number of aryl methyl sites for hydroxylation is 1. The topological polar surface area (TPSA) is 80.7 Å². The average Bonchev–Trinajstić information content (AvgIpc) is 2.62. The molecule has 0 amide bonds. The van der Waals surface area contributed by atoms with Crippen molar-refractivity contribution in [3.8, 4) is 0 Å². The van der Waals surface area contributed by atoms with Gasteiger partial charge in [-0.05, 0) is 37.0 Å². The van der Waals surface area contributed by atoms with E-state index in [1.165, 1.54) is 11.1 Å². The van der Waals surface area contributed by atoms with E-state index in [9.17, 15) is 4.79 Å². The third-order valence-electron chi connectivity index (χ3n) is 5.36. The van der Waals surface area contributed by atoms with Crippen LogP contribution in [-0.4, -0.2) is 40.4 Å². The van der Waals surface area contributed by atoms with E-state index in [1.54, 1.807) is 0 Å². The summed E-state index contributed by atoms with van der Waals surface area (Å²) in [6.07, 6.45) is 3.48. The van der Waals surface area contributed by atoms with Crippen LogP contribution < -0.4 is 10.9 Å². The van der Waals surface area contributed by atoms with Gasteiger partial charge in [0.05, 0.1) is 16.9 Å². The van der Waals surface area contributed by atoms with Crippen molar-refractivity contribution in [2.45, 2.75) is 39.2 Å². The first-order valence-electron chi connectivity index (χ1n) is 9.00. The Labute approximate surface area is 146 Å². The maximum atomic E-state index is 12.4. The van der Waals surface area contributed by atoms with Crippen molar-refractivity contribution in [1.29, 1.82) is 0 Å². The lowest BCUT2D eigenvalue weighted by molar-refractivity contribution is 0.256. The van der Waals surface area contributed by atoms with Crippen LogP contribution in [-0.2, 0) is 13.0 Å². The molecule has 1 aromatic heterocycles. The number of aromatic nitrogens is 1. The van der Waals surface area contributed by atoms with Crippen molar-refractivity contribution < 1.29 is 5.21 Å². The molecule has 2 aliphatic rings. The summed E-state index contributed by atoms with van der Waals surface area (Å²) in [6.45, 7) is 5.70. The Morgan fingerprint density at radius 3 is 2.80 bits per heavy atom. The predicted molar refractivity (Wildman–Crippen MR) is 99.8 cm³/mol. The third kappa shape index (κ3) is 3.02. The summed E-state index contributed by atoms with van der Waals surface area (Å²) in [5.74, 6) is 0. The van der Waals surface area contributed by atoms with Crippen molar-refractivity contribution in [3.05, 3.63) is 39.2 Å². The molecule has 2 aliphatic heterocycles. The Morgan fingerprint density at radius 1 is 1.24 bits per heavy atom. The van der Waals surface area contributed by atoms with Crippen LogP contribution >= 0.6 is 0 Å². The molecule has 132 valence electrons. The van der Waals surface area contributed by atoms with E-state index < -0.39 is 0 Å². The molecule has 6 heteroatoms. The minimum atomic E-state index is 0.0352. The number of hydrogen-bond donors (Lipinski definition) is 3. The minimum absolute atomic E-state index is 0.0352. The summed E-state index contributed by atoms with van der Waals surface area (Å²) >= 11 is 0. The molecule has 6 nitrogen and oxygen atoms in total. The lowest BCUT2D eigenvalue weighted by Gasteiger charge is -2.27. The maximum Gasteiger partial charge on any atom is 0.253 e. The number of nitrogens with zero attached hydrogens (tertiary/aromatic N) is 2. The molecule has 0 spiro atoms. The lowest BCUT2D eigenvalue weighted by atomic mass is 9.97. The normalized spacial score (nSPS) is 18.0. The van der Waals surface area contributed by atoms with Gasteiger partial charge in [0, 0.05) is 50.0 Å². The van der Waals surface area contributed by atoms with Crippen LogP contribution in [0.2, 0.25) is 0 Å². The molecule has 1 saturated heterocycles. The number of pyridine rings is 1. The molecule has 0 atom stereocenters. The number of anilines is 1. The lowest BCUT2D eigenvalue weighted by Crippen LogP contribution is -2.33. The molecule has 4 rings (SSSR count). The van der Waals surface area contributed by atoms with E-state index in [2.05, 4.69) is 39.4 Å². The molecule has 25 heavy (non-hydrogen) atoms. The van der Waals surface area contributed by atoms with Crippen molar-refractivity contribution >= 4 is 22.3 Å². The van der Waals surface area contributed by atoms with Crippen LogP contribution in [0.4, 0.5) is 5.69 Å². The molecule has 1 fully saturated rings. The van der Waals surface area contributed by atoms with Gasteiger partial charge in [-0.2, -0.15) is 0 Å². The Bertz CT molecular complexity index is 890. The first kappa shape index (κ1) is 16.1. The zero-order valence-corrected chi connectivity index (χ0v) is 14.6. The number of nitrogens with one attached hydrogen (secondary N) is 2. The predicted octanol–water partition coefficient (Wildman–Crippen LogP) is 2.62. The van der Waals surface area contributed by atoms with Crippen molar-refractivity contribution in [2.24, 2.45) is 5.16 Å². The number of rotatable bonds is 2. The molecule has 3 N–H and O–H groups in total. The molecule has 1 aromatic carbocycles. The number of likely N-dealkylation sites (tertiary alicyclic amines) is 1. The zero-order valence-electron chi connectivity index (χ0n) is 14.6. The second-order valence-electron chi connectivity index (χ2n) is 7.12. The first-order chi connectivity index (χ1) is 12.2. The molecule has 0 aliphatic carbocycles. The molecular weight excluding hydrogens is 316 g/mol. The molecule has 2 aromatic rings. The second kappa shape index (κ2) is 6.52. The number of piperidine rings is 1. The first-order valence-corrected chi connectivity index (χ1v) is 9.00. The zero-order chi connectivity index (χ0) is 17.4. The van der Waals surface area contributed by atoms with Crippen molar-refractivity contribution in [1.82, 2.24) is 9.88 Å². The molecule has 0 saturated carbocycles. The largest absolute Gasteiger partial charge is 0.411 e. The van der Waals surface area contributed by atoms with Gasteiger partial charge in [-0.3, -0.25) is 9.69 Å². The molecule has 0 radical (unpaired) electrons. The van der Waals surface area contributed by atoms with Gasteiger partial charge in [0.15, 0.2) is 0 Å². The monoisotopic (exact) mass is 340 g/mol. The van der Waals surface area contributed by atoms with Gasteiger partial charge in [-0.15, -0.1) is 0 Å². The van der Waals surface area contributed by atoms with E-state index in [-0.39, 0.29) is 5.56 Å². The fraction of sp³-hybridized carbons (Fsp3) is 0.474. The Morgan fingerprint density at radius 2 is 2.04 bits per heavy atom. The fourth-order valence-electron chi connectivity index (χ4n) is 4.09. The number of fused-ring (bicyclic) bond motifs is 3. The van der Waals surface area contributed by atoms with Crippen LogP contribution in [0.15, 0.2) is 22.1 Å². The number of hydrogen-bond acceptors (Lipinski definition) is 5. The van der Waals surface area contributed by atoms with Gasteiger partial charge < -0.3 is 15.5 Å². The summed E-state index contributed by atoms with van der Waals surface area (Å²) in [6, 6.07) is 4.34. The van der Waals surface area contributed by atoms with Gasteiger partial charge in [-0.1, -0.05) is 11.2 Å². The van der Waals surface area contributed by atoms with Crippen LogP contribution in [0.5, 0.6) is 0 Å². The summed E-state index contributed by atoms with van der Waals surface area (Å²) < 4.78 is 0. The van der Waals surface area contributed by atoms with E-state index in [1.807, 2.05) is 0 Å². The second-order valence-corrected chi connectivity index (χ2v) is 7.12. The van der Waals surface area contributed by atoms with E-state index >= 15 is 0 Å². The highest BCUT2D eigenvalue weighted by atomic mass is 16.4. The molecule has 0 unspecified atom stereocenters. The summed E-state index contributed by atoms with van der Waals surface area (Å²) in [5.41, 5.74) is 6.16. The van der Waals surface area contributed by atoms with Crippen LogP contribution in [0.25, 0.3) is 10.9 Å². The third-order valence-corrected chi connectivity index (χ3v) is 5.36. The van der Waals surface area contributed by atoms with Gasteiger partial charge in [0.25, 0.3) is 5.56 Å². The number of H-pyrrole nitrogens is 1. The molecule has 3 heterocycles. The van der Waals surface area contributed by atoms with Crippen LogP contribution in [0.3, 0.4) is 0 Å². The van der Waals surface area contributed by atoms with E-state index in [0.717, 1.165) is 79.7 Å². The Hall–Kier alpha value is -2.34. The highest BCUT2D eigenvalue weighted by Gasteiger charge is 2.19. The van der Waals surface area contributed by atoms with Gasteiger partial charge in [0.2, 0.25) is 0 Å². The minimum Gasteiger partial charge on any atom is -0.411 e. The molecule has 0 bridgehead atoms. The Balaban J connectivity index is 1.67. The smallest absolute Gasteiger partial charge is 0.253 e. The molecular formula is C19H24N4O2. The average molecular weight is 340 g/mol. The van der Waals surface area contributed by atoms with E-state index in [4.69, 9.17) is 5.21 Å². The Kier molecular flexibility index (Phi) is 4.21. The van der Waals surface area contributed by atoms with Crippen molar-refractivity contribution in [2.75, 3.05) is 25.0 Å². The summed E-state index contributed by atoms with van der Waals surface area (Å²) in [7, 11) is 0. The summed E-state index contributed by atoms with van der Waals surface area (Å²) in [4.78, 5) is 17.9. The fourth-order valence-corrected chi connectivity index (χ4v) is 4.09. The van der Waals surface area contributed by atoms with Gasteiger partial charge >= 0.3 is 0 Å².